The summed E-state index contributed by atoms with van der Waals surface area (Å²) in [5.74, 6) is 0.733. The van der Waals surface area contributed by atoms with Gasteiger partial charge in [0.15, 0.2) is 5.96 Å². The fraction of sp³-hybridized carbons (Fsp3) is 0.706. The van der Waals surface area contributed by atoms with Crippen LogP contribution in [0.2, 0.25) is 0 Å². The number of carbonyl (C=O) groups is 1. The van der Waals surface area contributed by atoms with Gasteiger partial charge in [-0.25, -0.2) is 4.98 Å². The molecule has 0 saturated heterocycles. The first-order chi connectivity index (χ1) is 11.2. The van der Waals surface area contributed by atoms with E-state index in [1.807, 2.05) is 45.8 Å². The second-order valence-electron chi connectivity index (χ2n) is 6.71. The van der Waals surface area contributed by atoms with E-state index in [0.717, 1.165) is 30.4 Å². The van der Waals surface area contributed by atoms with Crippen LogP contribution < -0.4 is 10.6 Å². The lowest BCUT2D eigenvalue weighted by Crippen LogP contribution is -2.48. The van der Waals surface area contributed by atoms with Crippen LogP contribution in [0, 0.1) is 0 Å². The fourth-order valence-electron chi connectivity index (χ4n) is 2.10. The Morgan fingerprint density at radius 1 is 1.36 bits per heavy atom. The molecule has 0 fully saturated rings. The van der Waals surface area contributed by atoms with E-state index in [1.165, 1.54) is 4.88 Å². The minimum Gasteiger partial charge on any atom is -0.357 e. The molecule has 0 aliphatic heterocycles. The normalized spacial score (nSPS) is 11.7. The number of likely N-dealkylation sites (N-methyl/N-ethyl adjacent to an activating group) is 1. The van der Waals surface area contributed by atoms with E-state index in [0.29, 0.717) is 6.54 Å². The lowest BCUT2D eigenvalue weighted by Gasteiger charge is -2.25. The van der Waals surface area contributed by atoms with Crippen molar-refractivity contribution in [1.82, 2.24) is 20.5 Å². The first kappa shape index (κ1) is 24.1. The van der Waals surface area contributed by atoms with Crippen molar-refractivity contribution in [3.05, 3.63) is 16.1 Å². The number of thiazole rings is 1. The molecule has 8 heteroatoms. The molecule has 1 aromatic heterocycles. The molecule has 25 heavy (non-hydrogen) atoms. The number of rotatable bonds is 7. The molecular weight excluding hydrogens is 449 g/mol. The van der Waals surface area contributed by atoms with Gasteiger partial charge in [0.1, 0.15) is 0 Å². The topological polar surface area (TPSA) is 69.6 Å². The van der Waals surface area contributed by atoms with Crippen molar-refractivity contribution in [2.45, 2.75) is 53.0 Å². The monoisotopic (exact) mass is 481 g/mol. The minimum absolute atomic E-state index is 0. The third-order valence-corrected chi connectivity index (χ3v) is 4.33. The van der Waals surface area contributed by atoms with E-state index >= 15 is 0 Å². The lowest BCUT2D eigenvalue weighted by molar-refractivity contribution is -0.122. The van der Waals surface area contributed by atoms with Gasteiger partial charge in [0.25, 0.3) is 0 Å². The Kier molecular flexibility index (Phi) is 11.2. The van der Waals surface area contributed by atoms with Gasteiger partial charge >= 0.3 is 0 Å². The number of aryl methyl sites for hydroxylation is 1. The van der Waals surface area contributed by atoms with Crippen LogP contribution in [0.3, 0.4) is 0 Å². The number of carbonyl (C=O) groups excluding carboxylic acids is 1. The second-order valence-corrected chi connectivity index (χ2v) is 7.91. The van der Waals surface area contributed by atoms with Gasteiger partial charge in [-0.05, 0) is 34.1 Å². The standard InChI is InChI=1S/C17H31N5OS.HI/c1-7-13-11-20-15(24-13)9-10-19-16(18-8-2)22(6)12-14(23)21-17(3,4)5;/h11H,7-10,12H2,1-6H3,(H,18,19)(H,21,23);1H. The van der Waals surface area contributed by atoms with Crippen LogP contribution in [0.5, 0.6) is 0 Å². The Hall–Kier alpha value is -0.900. The molecule has 1 amide bonds. The van der Waals surface area contributed by atoms with Gasteiger partial charge in [0, 0.05) is 43.2 Å². The molecule has 0 aromatic carbocycles. The predicted molar refractivity (Wildman–Crippen MR) is 117 cm³/mol. The maximum absolute atomic E-state index is 12.1. The highest BCUT2D eigenvalue weighted by molar-refractivity contribution is 14.0. The molecule has 0 aliphatic rings. The van der Waals surface area contributed by atoms with E-state index in [-0.39, 0.29) is 42.0 Å². The summed E-state index contributed by atoms with van der Waals surface area (Å²) in [6.07, 6.45) is 3.79. The van der Waals surface area contributed by atoms with Crippen molar-refractivity contribution >= 4 is 47.2 Å². The summed E-state index contributed by atoms with van der Waals surface area (Å²) in [5, 5.41) is 7.31. The highest BCUT2D eigenvalue weighted by atomic mass is 127. The molecule has 0 unspecified atom stereocenters. The summed E-state index contributed by atoms with van der Waals surface area (Å²) in [5.41, 5.74) is -0.227. The molecule has 144 valence electrons. The van der Waals surface area contributed by atoms with Gasteiger partial charge in [-0.15, -0.1) is 35.3 Å². The summed E-state index contributed by atoms with van der Waals surface area (Å²) >= 11 is 1.74. The Labute approximate surface area is 172 Å². The van der Waals surface area contributed by atoms with E-state index in [4.69, 9.17) is 0 Å². The second kappa shape index (κ2) is 11.7. The third-order valence-electron chi connectivity index (χ3n) is 3.13. The summed E-state index contributed by atoms with van der Waals surface area (Å²) in [6, 6.07) is 0. The zero-order valence-corrected chi connectivity index (χ0v) is 19.3. The van der Waals surface area contributed by atoms with Crippen LogP contribution >= 0.6 is 35.3 Å². The number of halogens is 1. The molecule has 0 saturated carbocycles. The van der Waals surface area contributed by atoms with Gasteiger partial charge in [-0.3, -0.25) is 9.79 Å². The fourth-order valence-corrected chi connectivity index (χ4v) is 2.95. The molecule has 1 heterocycles. The maximum atomic E-state index is 12.1. The highest BCUT2D eigenvalue weighted by Crippen LogP contribution is 2.13. The first-order valence-electron chi connectivity index (χ1n) is 8.49. The van der Waals surface area contributed by atoms with Crippen LogP contribution in [0.25, 0.3) is 0 Å². The molecule has 0 atom stereocenters. The lowest BCUT2D eigenvalue weighted by atomic mass is 10.1. The molecule has 1 aromatic rings. The zero-order chi connectivity index (χ0) is 18.2. The number of hydrogen-bond donors (Lipinski definition) is 2. The van der Waals surface area contributed by atoms with Gasteiger partial charge in [0.2, 0.25) is 5.91 Å². The summed E-state index contributed by atoms with van der Waals surface area (Å²) in [7, 11) is 1.88. The maximum Gasteiger partial charge on any atom is 0.240 e. The van der Waals surface area contributed by atoms with Crippen molar-refractivity contribution in [1.29, 1.82) is 0 Å². The molecule has 6 nitrogen and oxygen atoms in total. The van der Waals surface area contributed by atoms with E-state index in [2.05, 4.69) is 27.5 Å². The smallest absolute Gasteiger partial charge is 0.240 e. The van der Waals surface area contributed by atoms with Crippen LogP contribution in [0.15, 0.2) is 11.2 Å². The predicted octanol–water partition coefficient (Wildman–Crippen LogP) is 2.68. The van der Waals surface area contributed by atoms with Crippen molar-refractivity contribution in [3.8, 4) is 0 Å². The zero-order valence-electron chi connectivity index (χ0n) is 16.2. The average molecular weight is 481 g/mol. The summed E-state index contributed by atoms with van der Waals surface area (Å²) in [6.45, 7) is 11.8. The van der Waals surface area contributed by atoms with E-state index in [9.17, 15) is 4.79 Å². The van der Waals surface area contributed by atoms with Gasteiger partial charge in [-0.1, -0.05) is 6.92 Å². The van der Waals surface area contributed by atoms with Crippen molar-refractivity contribution in [3.63, 3.8) is 0 Å². The van der Waals surface area contributed by atoms with Crippen LogP contribution in [-0.2, 0) is 17.6 Å². The minimum atomic E-state index is -0.227. The molecule has 2 N–H and O–H groups in total. The largest absolute Gasteiger partial charge is 0.357 e. The quantitative estimate of drug-likeness (QED) is 0.357. The number of aliphatic imine (C=N–C) groups is 1. The van der Waals surface area contributed by atoms with E-state index in [1.54, 1.807) is 11.3 Å². The number of guanidine groups is 1. The van der Waals surface area contributed by atoms with Crippen LogP contribution in [0.1, 0.15) is 44.5 Å². The highest BCUT2D eigenvalue weighted by Gasteiger charge is 2.16. The van der Waals surface area contributed by atoms with Crippen molar-refractivity contribution in [2.75, 3.05) is 26.7 Å². The molecule has 0 radical (unpaired) electrons. The number of aromatic nitrogens is 1. The van der Waals surface area contributed by atoms with Crippen molar-refractivity contribution in [2.24, 2.45) is 4.99 Å². The molecule has 0 bridgehead atoms. The Morgan fingerprint density at radius 3 is 2.56 bits per heavy atom. The van der Waals surface area contributed by atoms with Gasteiger partial charge < -0.3 is 15.5 Å². The van der Waals surface area contributed by atoms with Crippen molar-refractivity contribution < 1.29 is 4.79 Å². The van der Waals surface area contributed by atoms with E-state index < -0.39 is 0 Å². The number of nitrogens with zero attached hydrogens (tertiary/aromatic N) is 3. The molecule has 0 spiro atoms. The Bertz CT molecular complexity index is 553. The molecule has 0 aliphatic carbocycles. The first-order valence-corrected chi connectivity index (χ1v) is 9.30. The summed E-state index contributed by atoms with van der Waals surface area (Å²) < 4.78 is 0. The Morgan fingerprint density at radius 2 is 2.04 bits per heavy atom. The third kappa shape index (κ3) is 9.98. The molecular formula is C17H32IN5OS. The number of hydrogen-bond acceptors (Lipinski definition) is 4. The summed E-state index contributed by atoms with van der Waals surface area (Å²) in [4.78, 5) is 24.2. The van der Waals surface area contributed by atoms with Crippen LogP contribution in [0.4, 0.5) is 0 Å². The number of amides is 1. The number of nitrogens with one attached hydrogen (secondary N) is 2. The van der Waals surface area contributed by atoms with Gasteiger partial charge in [-0.2, -0.15) is 0 Å². The SMILES string of the molecule is CCNC(=NCCc1ncc(CC)s1)N(C)CC(=O)NC(C)(C)C.I. The van der Waals surface area contributed by atoms with Gasteiger partial charge in [0.05, 0.1) is 11.6 Å². The molecule has 1 rings (SSSR count). The van der Waals surface area contributed by atoms with Crippen LogP contribution in [-0.4, -0.2) is 54.0 Å². The average Bonchev–Trinajstić information content (AvgIpc) is 2.92. The Balaban J connectivity index is 0.00000576.